The third-order valence-electron chi connectivity index (χ3n) is 3.85. The fraction of sp³-hybridized carbons (Fsp3) is 1.00. The van der Waals surface area contributed by atoms with Crippen LogP contribution in [0.25, 0.3) is 0 Å². The SMILES string of the molecule is CCCC(CCC)N(C)CCN1CCNCC1. The molecule has 0 aliphatic carbocycles. The number of likely N-dealkylation sites (N-methyl/N-ethyl adjacent to an activating group) is 1. The molecule has 0 aromatic heterocycles. The minimum atomic E-state index is 0.799. The quantitative estimate of drug-likeness (QED) is 0.699. The minimum absolute atomic E-state index is 0.799. The van der Waals surface area contributed by atoms with Crippen LogP contribution < -0.4 is 5.32 Å². The predicted molar refractivity (Wildman–Crippen MR) is 75.5 cm³/mol. The summed E-state index contributed by atoms with van der Waals surface area (Å²) in [5.41, 5.74) is 0. The lowest BCUT2D eigenvalue weighted by Crippen LogP contribution is -2.47. The first-order valence-electron chi connectivity index (χ1n) is 7.41. The number of rotatable bonds is 8. The number of hydrogen-bond acceptors (Lipinski definition) is 3. The van der Waals surface area contributed by atoms with E-state index in [0.717, 1.165) is 19.1 Å². The maximum Gasteiger partial charge on any atom is 0.0110 e. The highest BCUT2D eigenvalue weighted by Gasteiger charge is 2.15. The molecule has 1 N–H and O–H groups in total. The minimum Gasteiger partial charge on any atom is -0.314 e. The van der Waals surface area contributed by atoms with E-state index in [-0.39, 0.29) is 0 Å². The van der Waals surface area contributed by atoms with Gasteiger partial charge in [-0.1, -0.05) is 26.7 Å². The molecule has 0 aromatic rings. The van der Waals surface area contributed by atoms with Crippen LogP contribution in [0.4, 0.5) is 0 Å². The van der Waals surface area contributed by atoms with E-state index in [0.29, 0.717) is 0 Å². The van der Waals surface area contributed by atoms with Crippen molar-refractivity contribution in [1.82, 2.24) is 15.1 Å². The first-order valence-corrected chi connectivity index (χ1v) is 7.41. The molecule has 17 heavy (non-hydrogen) atoms. The lowest BCUT2D eigenvalue weighted by atomic mass is 10.1. The average Bonchev–Trinajstić information content (AvgIpc) is 2.37. The van der Waals surface area contributed by atoms with Crippen molar-refractivity contribution in [1.29, 1.82) is 0 Å². The van der Waals surface area contributed by atoms with Crippen LogP contribution in [-0.4, -0.2) is 62.2 Å². The van der Waals surface area contributed by atoms with Crippen molar-refractivity contribution >= 4 is 0 Å². The molecule has 0 amide bonds. The van der Waals surface area contributed by atoms with Gasteiger partial charge in [0.25, 0.3) is 0 Å². The maximum atomic E-state index is 3.41. The molecule has 3 heteroatoms. The molecule has 0 bridgehead atoms. The Morgan fingerprint density at radius 2 is 1.71 bits per heavy atom. The number of piperazine rings is 1. The molecule has 102 valence electrons. The van der Waals surface area contributed by atoms with Crippen molar-refractivity contribution in [2.45, 2.75) is 45.6 Å². The van der Waals surface area contributed by atoms with Crippen LogP contribution in [0.5, 0.6) is 0 Å². The zero-order valence-corrected chi connectivity index (χ0v) is 12.0. The Morgan fingerprint density at radius 1 is 1.12 bits per heavy atom. The fourth-order valence-corrected chi connectivity index (χ4v) is 2.67. The van der Waals surface area contributed by atoms with E-state index in [1.165, 1.54) is 51.9 Å². The molecule has 0 atom stereocenters. The van der Waals surface area contributed by atoms with Gasteiger partial charge in [-0.25, -0.2) is 0 Å². The normalized spacial score (nSPS) is 18.2. The zero-order valence-electron chi connectivity index (χ0n) is 12.0. The summed E-state index contributed by atoms with van der Waals surface area (Å²) in [5.74, 6) is 0. The Labute approximate surface area is 108 Å². The van der Waals surface area contributed by atoms with Crippen molar-refractivity contribution in [3.63, 3.8) is 0 Å². The zero-order chi connectivity index (χ0) is 12.5. The van der Waals surface area contributed by atoms with E-state index in [1.807, 2.05) is 0 Å². The molecule has 0 radical (unpaired) electrons. The molecule has 1 heterocycles. The van der Waals surface area contributed by atoms with Crippen LogP contribution in [0.3, 0.4) is 0 Å². The van der Waals surface area contributed by atoms with Gasteiger partial charge in [0.1, 0.15) is 0 Å². The lowest BCUT2D eigenvalue weighted by molar-refractivity contribution is 0.165. The van der Waals surface area contributed by atoms with Gasteiger partial charge < -0.3 is 10.2 Å². The van der Waals surface area contributed by atoms with Crippen molar-refractivity contribution in [3.8, 4) is 0 Å². The van der Waals surface area contributed by atoms with Crippen molar-refractivity contribution in [3.05, 3.63) is 0 Å². The highest BCUT2D eigenvalue weighted by Crippen LogP contribution is 2.11. The highest BCUT2D eigenvalue weighted by atomic mass is 15.2. The van der Waals surface area contributed by atoms with Crippen LogP contribution in [0.1, 0.15) is 39.5 Å². The summed E-state index contributed by atoms with van der Waals surface area (Å²) in [6.07, 6.45) is 5.32. The summed E-state index contributed by atoms with van der Waals surface area (Å²) >= 11 is 0. The van der Waals surface area contributed by atoms with Gasteiger partial charge in [-0.3, -0.25) is 4.90 Å². The van der Waals surface area contributed by atoms with Crippen LogP contribution in [-0.2, 0) is 0 Å². The monoisotopic (exact) mass is 241 g/mol. The summed E-state index contributed by atoms with van der Waals surface area (Å²) in [4.78, 5) is 5.16. The second-order valence-electron chi connectivity index (χ2n) is 5.30. The Balaban J connectivity index is 2.22. The Morgan fingerprint density at radius 3 is 2.24 bits per heavy atom. The van der Waals surface area contributed by atoms with Crippen molar-refractivity contribution in [2.75, 3.05) is 46.3 Å². The van der Waals surface area contributed by atoms with E-state index in [1.54, 1.807) is 0 Å². The maximum absolute atomic E-state index is 3.41. The molecule has 0 saturated carbocycles. The molecule has 1 fully saturated rings. The second kappa shape index (κ2) is 8.90. The van der Waals surface area contributed by atoms with Gasteiger partial charge in [-0.2, -0.15) is 0 Å². The van der Waals surface area contributed by atoms with Gasteiger partial charge in [0.2, 0.25) is 0 Å². The molecule has 0 aromatic carbocycles. The Bertz CT molecular complexity index is 172. The van der Waals surface area contributed by atoms with E-state index in [2.05, 4.69) is 36.0 Å². The van der Waals surface area contributed by atoms with Crippen LogP contribution in [0.2, 0.25) is 0 Å². The smallest absolute Gasteiger partial charge is 0.0110 e. The van der Waals surface area contributed by atoms with Crippen LogP contribution in [0, 0.1) is 0 Å². The number of nitrogens with one attached hydrogen (secondary N) is 1. The third kappa shape index (κ3) is 5.84. The summed E-state index contributed by atoms with van der Waals surface area (Å²) in [5, 5.41) is 3.41. The molecule has 1 aliphatic heterocycles. The van der Waals surface area contributed by atoms with Gasteiger partial charge in [-0.15, -0.1) is 0 Å². The molecule has 0 unspecified atom stereocenters. The average molecular weight is 241 g/mol. The highest BCUT2D eigenvalue weighted by molar-refractivity contribution is 4.72. The third-order valence-corrected chi connectivity index (χ3v) is 3.85. The molecular weight excluding hydrogens is 210 g/mol. The van der Waals surface area contributed by atoms with Crippen molar-refractivity contribution < 1.29 is 0 Å². The molecule has 1 saturated heterocycles. The summed E-state index contributed by atoms with van der Waals surface area (Å²) < 4.78 is 0. The molecule has 1 aliphatic rings. The molecular formula is C14H31N3. The van der Waals surface area contributed by atoms with Crippen LogP contribution >= 0.6 is 0 Å². The topological polar surface area (TPSA) is 18.5 Å². The number of nitrogens with zero attached hydrogens (tertiary/aromatic N) is 2. The van der Waals surface area contributed by atoms with E-state index >= 15 is 0 Å². The summed E-state index contributed by atoms with van der Waals surface area (Å²) in [6.45, 7) is 11.8. The van der Waals surface area contributed by atoms with Gasteiger partial charge in [0, 0.05) is 45.3 Å². The first kappa shape index (κ1) is 14.9. The lowest BCUT2D eigenvalue weighted by Gasteiger charge is -2.32. The molecule has 1 rings (SSSR count). The summed E-state index contributed by atoms with van der Waals surface area (Å²) in [7, 11) is 2.30. The van der Waals surface area contributed by atoms with Gasteiger partial charge in [0.05, 0.1) is 0 Å². The fourth-order valence-electron chi connectivity index (χ4n) is 2.67. The van der Waals surface area contributed by atoms with Crippen molar-refractivity contribution in [2.24, 2.45) is 0 Å². The predicted octanol–water partition coefficient (Wildman–Crippen LogP) is 1.79. The largest absolute Gasteiger partial charge is 0.314 e. The van der Waals surface area contributed by atoms with Crippen LogP contribution in [0.15, 0.2) is 0 Å². The summed E-state index contributed by atoms with van der Waals surface area (Å²) in [6, 6.07) is 0.799. The van der Waals surface area contributed by atoms with Gasteiger partial charge >= 0.3 is 0 Å². The first-order chi connectivity index (χ1) is 8.27. The number of hydrogen-bond donors (Lipinski definition) is 1. The van der Waals surface area contributed by atoms with Gasteiger partial charge in [-0.05, 0) is 19.9 Å². The molecule has 0 spiro atoms. The van der Waals surface area contributed by atoms with E-state index < -0.39 is 0 Å². The Hall–Kier alpha value is -0.120. The van der Waals surface area contributed by atoms with Gasteiger partial charge in [0.15, 0.2) is 0 Å². The second-order valence-corrected chi connectivity index (χ2v) is 5.30. The standard InChI is InChI=1S/C14H31N3/c1-4-6-14(7-5-2)16(3)12-13-17-10-8-15-9-11-17/h14-15H,4-13H2,1-3H3. The Kier molecular flexibility index (Phi) is 7.82. The van der Waals surface area contributed by atoms with E-state index in [9.17, 15) is 0 Å². The molecule has 3 nitrogen and oxygen atoms in total. The van der Waals surface area contributed by atoms with E-state index in [4.69, 9.17) is 0 Å².